The van der Waals surface area contributed by atoms with E-state index in [1.54, 1.807) is 6.07 Å². The van der Waals surface area contributed by atoms with Crippen LogP contribution in [-0.4, -0.2) is 22.7 Å². The van der Waals surface area contributed by atoms with Crippen LogP contribution in [0.2, 0.25) is 0 Å². The van der Waals surface area contributed by atoms with E-state index < -0.39 is 0 Å². The van der Waals surface area contributed by atoms with E-state index in [1.807, 2.05) is 0 Å². The Balaban J connectivity index is 1.91. The van der Waals surface area contributed by atoms with Crippen molar-refractivity contribution in [3.63, 3.8) is 0 Å². The highest BCUT2D eigenvalue weighted by atomic mass is 16.3. The summed E-state index contributed by atoms with van der Waals surface area (Å²) in [5.41, 5.74) is 0.894. The highest BCUT2D eigenvalue weighted by Gasteiger charge is 2.03. The van der Waals surface area contributed by atoms with Gasteiger partial charge in [0.15, 0.2) is 11.5 Å². The van der Waals surface area contributed by atoms with E-state index in [-0.39, 0.29) is 17.4 Å². The molecule has 1 aromatic rings. The first-order chi connectivity index (χ1) is 13.6. The Labute approximate surface area is 171 Å². The van der Waals surface area contributed by atoms with E-state index >= 15 is 0 Å². The second-order valence-corrected chi connectivity index (χ2v) is 7.55. The molecule has 0 heterocycles. The number of hydrogen-bond donors (Lipinski definition) is 3. The van der Waals surface area contributed by atoms with Crippen LogP contribution in [-0.2, 0) is 11.2 Å². The summed E-state index contributed by atoms with van der Waals surface area (Å²) in [6, 6.07) is 4.75. The molecule has 0 aliphatic carbocycles. The number of allylic oxidation sites excluding steroid dienone is 2. The van der Waals surface area contributed by atoms with Crippen molar-refractivity contribution in [1.82, 2.24) is 5.32 Å². The lowest BCUT2D eigenvalue weighted by atomic mass is 10.1. The van der Waals surface area contributed by atoms with Gasteiger partial charge >= 0.3 is 0 Å². The van der Waals surface area contributed by atoms with Gasteiger partial charge in [0.05, 0.1) is 0 Å². The Kier molecular flexibility index (Phi) is 13.8. The van der Waals surface area contributed by atoms with Gasteiger partial charge in [-0.2, -0.15) is 0 Å². The summed E-state index contributed by atoms with van der Waals surface area (Å²) >= 11 is 0. The van der Waals surface area contributed by atoms with E-state index in [9.17, 15) is 15.0 Å². The zero-order chi connectivity index (χ0) is 20.5. The normalized spacial score (nSPS) is 11.2. The van der Waals surface area contributed by atoms with Gasteiger partial charge in [-0.1, -0.05) is 63.7 Å². The summed E-state index contributed by atoms with van der Waals surface area (Å²) in [5, 5.41) is 21.7. The third-order valence-corrected chi connectivity index (χ3v) is 4.94. The molecule has 0 unspecified atom stereocenters. The second-order valence-electron chi connectivity index (χ2n) is 7.55. The molecule has 0 aliphatic heterocycles. The molecule has 1 amide bonds. The van der Waals surface area contributed by atoms with Crippen LogP contribution in [0.25, 0.3) is 0 Å². The van der Waals surface area contributed by atoms with Gasteiger partial charge in [0.25, 0.3) is 0 Å². The maximum atomic E-state index is 11.8. The maximum absolute atomic E-state index is 11.8. The highest BCUT2D eigenvalue weighted by molar-refractivity contribution is 5.75. The number of phenolic OH excluding ortho intramolecular Hbond substituents is 2. The van der Waals surface area contributed by atoms with Crippen LogP contribution >= 0.6 is 0 Å². The summed E-state index contributed by atoms with van der Waals surface area (Å²) in [6.45, 7) is 2.79. The van der Waals surface area contributed by atoms with E-state index in [1.165, 1.54) is 69.9 Å². The number of nitrogens with one attached hydrogen (secondary N) is 1. The molecule has 4 nitrogen and oxygen atoms in total. The average molecular weight is 390 g/mol. The molecule has 1 aromatic carbocycles. The number of carbonyl (C=O) groups is 1. The molecular formula is C24H39NO3. The predicted molar refractivity (Wildman–Crippen MR) is 117 cm³/mol. The zero-order valence-corrected chi connectivity index (χ0v) is 17.6. The molecule has 0 saturated heterocycles. The molecular weight excluding hydrogens is 350 g/mol. The van der Waals surface area contributed by atoms with E-state index in [2.05, 4.69) is 24.4 Å². The summed E-state index contributed by atoms with van der Waals surface area (Å²) in [7, 11) is 0. The van der Waals surface area contributed by atoms with Crippen LogP contribution in [0.5, 0.6) is 11.5 Å². The molecule has 0 spiro atoms. The highest BCUT2D eigenvalue weighted by Crippen LogP contribution is 2.24. The predicted octanol–water partition coefficient (Wildman–Crippen LogP) is 6.01. The van der Waals surface area contributed by atoms with Gasteiger partial charge in [-0.15, -0.1) is 0 Å². The van der Waals surface area contributed by atoms with Gasteiger partial charge in [0.1, 0.15) is 0 Å². The minimum Gasteiger partial charge on any atom is -0.504 e. The summed E-state index contributed by atoms with van der Waals surface area (Å²) in [5.74, 6) is -0.147. The number of benzene rings is 1. The van der Waals surface area contributed by atoms with E-state index in [0.717, 1.165) is 18.4 Å². The van der Waals surface area contributed by atoms with Gasteiger partial charge in [0.2, 0.25) is 5.91 Å². The molecule has 158 valence electrons. The Hall–Kier alpha value is -1.97. The van der Waals surface area contributed by atoms with Crippen molar-refractivity contribution in [3.8, 4) is 11.5 Å². The average Bonchev–Trinajstić information content (AvgIpc) is 2.68. The molecule has 1 rings (SSSR count). The molecule has 0 fully saturated rings. The van der Waals surface area contributed by atoms with Crippen LogP contribution in [0, 0.1) is 0 Å². The topological polar surface area (TPSA) is 69.6 Å². The molecule has 0 radical (unpaired) electrons. The lowest BCUT2D eigenvalue weighted by molar-refractivity contribution is -0.121. The van der Waals surface area contributed by atoms with Crippen LogP contribution in [0.4, 0.5) is 0 Å². The van der Waals surface area contributed by atoms with Crippen molar-refractivity contribution in [2.75, 3.05) is 6.54 Å². The number of hydrogen-bond acceptors (Lipinski definition) is 3. The smallest absolute Gasteiger partial charge is 0.220 e. The van der Waals surface area contributed by atoms with Crippen molar-refractivity contribution < 1.29 is 15.0 Å². The third-order valence-electron chi connectivity index (χ3n) is 4.94. The molecule has 0 aliphatic rings. The Morgan fingerprint density at radius 2 is 1.54 bits per heavy atom. The van der Waals surface area contributed by atoms with Crippen LogP contribution in [0.15, 0.2) is 30.4 Å². The SMILES string of the molecule is CCCCCC/C=C\CCCCCCCC(=O)NCCc1ccc(O)c(O)c1. The van der Waals surface area contributed by atoms with Gasteiger partial charge in [-0.25, -0.2) is 0 Å². The first-order valence-corrected chi connectivity index (χ1v) is 11.1. The molecule has 0 atom stereocenters. The summed E-state index contributed by atoms with van der Waals surface area (Å²) < 4.78 is 0. The number of amides is 1. The van der Waals surface area contributed by atoms with Gasteiger partial charge in [-0.05, 0) is 56.2 Å². The monoisotopic (exact) mass is 389 g/mol. The molecule has 0 bridgehead atoms. The minimum absolute atomic E-state index is 0.0917. The van der Waals surface area contributed by atoms with Crippen molar-refractivity contribution in [1.29, 1.82) is 0 Å². The van der Waals surface area contributed by atoms with E-state index in [0.29, 0.717) is 19.4 Å². The first-order valence-electron chi connectivity index (χ1n) is 11.1. The standard InChI is InChI=1S/C24H39NO3/c1-2-3-4-5-6-7-8-9-10-11-12-13-14-15-24(28)25-19-18-21-16-17-22(26)23(27)20-21/h7-8,16-17,20,26-27H,2-6,9-15,18-19H2,1H3,(H,25,28)/b8-7-. The van der Waals surface area contributed by atoms with Crippen molar-refractivity contribution >= 4 is 5.91 Å². The molecule has 28 heavy (non-hydrogen) atoms. The fraction of sp³-hybridized carbons (Fsp3) is 0.625. The van der Waals surface area contributed by atoms with Crippen molar-refractivity contribution in [3.05, 3.63) is 35.9 Å². The third kappa shape index (κ3) is 12.4. The molecule has 4 heteroatoms. The molecule has 0 aromatic heterocycles. The fourth-order valence-electron chi connectivity index (χ4n) is 3.16. The largest absolute Gasteiger partial charge is 0.504 e. The number of aromatic hydroxyl groups is 2. The summed E-state index contributed by atoms with van der Waals surface area (Å²) in [4.78, 5) is 11.8. The van der Waals surface area contributed by atoms with Gasteiger partial charge < -0.3 is 15.5 Å². The zero-order valence-electron chi connectivity index (χ0n) is 17.6. The Morgan fingerprint density at radius 3 is 2.21 bits per heavy atom. The van der Waals surface area contributed by atoms with E-state index in [4.69, 9.17) is 0 Å². The first kappa shape index (κ1) is 24.1. The van der Waals surface area contributed by atoms with Crippen LogP contribution in [0.1, 0.15) is 89.5 Å². The second kappa shape index (κ2) is 16.0. The lowest BCUT2D eigenvalue weighted by Gasteiger charge is -2.06. The Bertz CT molecular complexity index is 569. The molecule has 0 saturated carbocycles. The number of unbranched alkanes of at least 4 members (excludes halogenated alkanes) is 9. The molecule has 3 N–H and O–H groups in total. The van der Waals surface area contributed by atoms with Gasteiger partial charge in [0, 0.05) is 13.0 Å². The maximum Gasteiger partial charge on any atom is 0.220 e. The minimum atomic E-state index is -0.119. The lowest BCUT2D eigenvalue weighted by Crippen LogP contribution is -2.25. The fourth-order valence-corrected chi connectivity index (χ4v) is 3.16. The van der Waals surface area contributed by atoms with Crippen molar-refractivity contribution in [2.24, 2.45) is 0 Å². The Morgan fingerprint density at radius 1 is 0.893 bits per heavy atom. The number of carbonyl (C=O) groups excluding carboxylic acids is 1. The van der Waals surface area contributed by atoms with Crippen LogP contribution in [0.3, 0.4) is 0 Å². The summed E-state index contributed by atoms with van der Waals surface area (Å²) in [6.07, 6.45) is 19.4. The number of rotatable bonds is 16. The number of phenols is 2. The van der Waals surface area contributed by atoms with Crippen molar-refractivity contribution in [2.45, 2.75) is 90.4 Å². The quantitative estimate of drug-likeness (QED) is 0.184. The van der Waals surface area contributed by atoms with Crippen LogP contribution < -0.4 is 5.32 Å². The van der Waals surface area contributed by atoms with Gasteiger partial charge in [-0.3, -0.25) is 4.79 Å².